The van der Waals surface area contributed by atoms with Gasteiger partial charge in [0.05, 0.1) is 6.04 Å². The second-order valence-corrected chi connectivity index (χ2v) is 6.50. The van der Waals surface area contributed by atoms with Crippen LogP contribution in [0.1, 0.15) is 36.9 Å². The van der Waals surface area contributed by atoms with Gasteiger partial charge in [-0.15, -0.1) is 0 Å². The zero-order valence-corrected chi connectivity index (χ0v) is 14.3. The number of piperidine rings is 1. The quantitative estimate of drug-likeness (QED) is 0.827. The van der Waals surface area contributed by atoms with Crippen molar-refractivity contribution in [1.29, 1.82) is 0 Å². The second-order valence-electron chi connectivity index (χ2n) is 6.50. The lowest BCUT2D eigenvalue weighted by atomic mass is 9.89. The number of benzene rings is 1. The lowest BCUT2D eigenvalue weighted by molar-refractivity contribution is -0.147. The Morgan fingerprint density at radius 1 is 1.22 bits per heavy atom. The van der Waals surface area contributed by atoms with E-state index in [1.807, 2.05) is 14.1 Å². The van der Waals surface area contributed by atoms with Gasteiger partial charge in [-0.25, -0.2) is 0 Å². The number of likely N-dealkylation sites (tertiary alicyclic amines) is 1. The van der Waals surface area contributed by atoms with Crippen molar-refractivity contribution in [2.45, 2.75) is 32.4 Å². The summed E-state index contributed by atoms with van der Waals surface area (Å²) < 4.78 is 0. The average Bonchev–Trinajstić information content (AvgIpc) is 2.46. The van der Waals surface area contributed by atoms with Crippen molar-refractivity contribution >= 4 is 11.8 Å². The number of amides is 2. The van der Waals surface area contributed by atoms with Crippen LogP contribution >= 0.6 is 0 Å². The van der Waals surface area contributed by atoms with Crippen molar-refractivity contribution < 1.29 is 9.59 Å². The first-order valence-electron chi connectivity index (χ1n) is 7.72. The molecule has 1 aromatic rings. The largest absolute Gasteiger partial charge is 0.361 e. The Balaban J connectivity index is 0.00000264. The minimum Gasteiger partial charge on any atom is -0.361 e. The number of primary amides is 1. The summed E-state index contributed by atoms with van der Waals surface area (Å²) in [4.78, 5) is 27.1. The molecule has 1 aliphatic rings. The molecule has 2 atom stereocenters. The number of rotatable bonds is 3. The van der Waals surface area contributed by atoms with E-state index in [0.717, 1.165) is 24.9 Å². The smallest absolute Gasteiger partial charge is 0.312 e. The first kappa shape index (κ1) is 19.1. The average molecular weight is 320 g/mol. The second kappa shape index (κ2) is 8.08. The predicted molar refractivity (Wildman–Crippen MR) is 90.9 cm³/mol. The molecule has 1 fully saturated rings. The predicted octanol–water partition coefficient (Wildman–Crippen LogP) is 1.70. The third kappa shape index (κ3) is 4.77. The molecule has 0 aromatic heterocycles. The van der Waals surface area contributed by atoms with Gasteiger partial charge in [0.15, 0.2) is 0 Å². The fourth-order valence-corrected chi connectivity index (χ4v) is 3.08. The highest BCUT2D eigenvalue weighted by Gasteiger charge is 2.33. The van der Waals surface area contributed by atoms with Gasteiger partial charge in [0.2, 0.25) is 0 Å². The highest BCUT2D eigenvalue weighted by molar-refractivity contribution is 6.34. The monoisotopic (exact) mass is 320 g/mol. The van der Waals surface area contributed by atoms with Crippen LogP contribution < -0.4 is 11.9 Å². The van der Waals surface area contributed by atoms with Crippen molar-refractivity contribution in [2.75, 3.05) is 20.6 Å². The summed E-state index contributed by atoms with van der Waals surface area (Å²) >= 11 is 0. The van der Waals surface area contributed by atoms with Gasteiger partial charge in [0.1, 0.15) is 0 Å². The third-order valence-corrected chi connectivity index (χ3v) is 4.15. The number of carbonyl (C=O) groups excluding carboxylic acids is 2. The van der Waals surface area contributed by atoms with E-state index in [4.69, 9.17) is 5.73 Å². The Bertz CT molecular complexity index is 542. The maximum atomic E-state index is 12.1. The number of hydrogen-bond donors (Lipinski definition) is 2. The molecule has 0 aliphatic carbocycles. The van der Waals surface area contributed by atoms with E-state index in [2.05, 4.69) is 36.1 Å². The molecule has 0 spiro atoms. The molecule has 23 heavy (non-hydrogen) atoms. The molecule has 2 amide bonds. The molecule has 1 aromatic carbocycles. The van der Waals surface area contributed by atoms with Crippen LogP contribution in [-0.2, 0) is 16.1 Å². The summed E-state index contributed by atoms with van der Waals surface area (Å²) in [6, 6.07) is 8.23. The van der Waals surface area contributed by atoms with Crippen LogP contribution in [0.3, 0.4) is 0 Å². The SMILES string of the molecule is C[C@H]1CC[C@H](c2ccc(CN(C)C)cc2)N(C(=O)C(N)=O)C1.N. The molecule has 5 N–H and O–H groups in total. The third-order valence-electron chi connectivity index (χ3n) is 4.15. The number of nitrogens with two attached hydrogens (primary N) is 1. The molecule has 6 heteroatoms. The van der Waals surface area contributed by atoms with E-state index in [9.17, 15) is 9.59 Å². The van der Waals surface area contributed by atoms with Crippen LogP contribution in [0.2, 0.25) is 0 Å². The molecular formula is C17H28N4O2. The molecule has 6 nitrogen and oxygen atoms in total. The highest BCUT2D eigenvalue weighted by Crippen LogP contribution is 2.33. The number of nitrogens with zero attached hydrogens (tertiary/aromatic N) is 2. The van der Waals surface area contributed by atoms with E-state index in [0.29, 0.717) is 12.5 Å². The van der Waals surface area contributed by atoms with Gasteiger partial charge in [-0.3, -0.25) is 9.59 Å². The van der Waals surface area contributed by atoms with E-state index in [-0.39, 0.29) is 12.2 Å². The van der Waals surface area contributed by atoms with Gasteiger partial charge in [-0.2, -0.15) is 0 Å². The Morgan fingerprint density at radius 2 is 1.83 bits per heavy atom. The summed E-state index contributed by atoms with van der Waals surface area (Å²) in [6.45, 7) is 3.56. The maximum Gasteiger partial charge on any atom is 0.312 e. The Labute approximate surface area is 138 Å². The normalized spacial score (nSPS) is 21.0. The van der Waals surface area contributed by atoms with Gasteiger partial charge in [-0.05, 0) is 44.0 Å². The molecule has 0 saturated carbocycles. The zero-order valence-electron chi connectivity index (χ0n) is 14.3. The molecule has 0 bridgehead atoms. The molecule has 0 radical (unpaired) electrons. The summed E-state index contributed by atoms with van der Waals surface area (Å²) in [7, 11) is 4.06. The molecule has 1 saturated heterocycles. The molecular weight excluding hydrogens is 292 g/mol. The van der Waals surface area contributed by atoms with Gasteiger partial charge in [0, 0.05) is 13.1 Å². The molecule has 1 aliphatic heterocycles. The fraction of sp³-hybridized carbons (Fsp3) is 0.529. The Morgan fingerprint density at radius 3 is 2.35 bits per heavy atom. The van der Waals surface area contributed by atoms with Crippen molar-refractivity contribution in [3.8, 4) is 0 Å². The number of hydrogen-bond acceptors (Lipinski definition) is 4. The van der Waals surface area contributed by atoms with Gasteiger partial charge in [0.25, 0.3) is 0 Å². The summed E-state index contributed by atoms with van der Waals surface area (Å²) in [5.74, 6) is -1.05. The van der Waals surface area contributed by atoms with Gasteiger partial charge in [-0.1, -0.05) is 31.2 Å². The standard InChI is InChI=1S/C17H25N3O2.H3N/c1-12-4-9-15(20(10-12)17(22)16(18)21)14-7-5-13(6-8-14)11-19(2)3;/h5-8,12,15H,4,9-11H2,1-3H3,(H2,18,21);1H3/t12-,15+;/m0./s1. The van der Waals surface area contributed by atoms with Crippen LogP contribution in [0.4, 0.5) is 0 Å². The molecule has 128 valence electrons. The Kier molecular flexibility index (Phi) is 6.72. The zero-order chi connectivity index (χ0) is 16.3. The molecule has 2 rings (SSSR count). The first-order chi connectivity index (χ1) is 10.4. The summed E-state index contributed by atoms with van der Waals surface area (Å²) in [5.41, 5.74) is 7.50. The molecule has 0 unspecified atom stereocenters. The van der Waals surface area contributed by atoms with Crippen LogP contribution in [-0.4, -0.2) is 42.3 Å². The Hall–Kier alpha value is -1.92. The van der Waals surface area contributed by atoms with Crippen LogP contribution in [0.15, 0.2) is 24.3 Å². The number of carbonyl (C=O) groups is 2. The maximum absolute atomic E-state index is 12.1. The lowest BCUT2D eigenvalue weighted by Crippen LogP contribution is -2.46. The van der Waals surface area contributed by atoms with Crippen LogP contribution in [0, 0.1) is 5.92 Å². The minimum atomic E-state index is -0.872. The van der Waals surface area contributed by atoms with Gasteiger partial charge < -0.3 is 21.7 Å². The van der Waals surface area contributed by atoms with E-state index < -0.39 is 11.8 Å². The topological polar surface area (TPSA) is 102 Å². The first-order valence-corrected chi connectivity index (χ1v) is 7.72. The molecule has 1 heterocycles. The van der Waals surface area contributed by atoms with Crippen molar-refractivity contribution in [2.24, 2.45) is 11.7 Å². The minimum absolute atomic E-state index is 0. The van der Waals surface area contributed by atoms with Crippen LogP contribution in [0.5, 0.6) is 0 Å². The lowest BCUT2D eigenvalue weighted by Gasteiger charge is -2.38. The van der Waals surface area contributed by atoms with E-state index in [1.54, 1.807) is 4.90 Å². The van der Waals surface area contributed by atoms with Crippen molar-refractivity contribution in [3.05, 3.63) is 35.4 Å². The van der Waals surface area contributed by atoms with Gasteiger partial charge >= 0.3 is 11.8 Å². The fourth-order valence-electron chi connectivity index (χ4n) is 3.08. The van der Waals surface area contributed by atoms with Crippen LogP contribution in [0.25, 0.3) is 0 Å². The summed E-state index contributed by atoms with van der Waals surface area (Å²) in [5, 5.41) is 0. The summed E-state index contributed by atoms with van der Waals surface area (Å²) in [6.07, 6.45) is 1.92. The van der Waals surface area contributed by atoms with E-state index in [1.165, 1.54) is 5.56 Å². The van der Waals surface area contributed by atoms with Crippen molar-refractivity contribution in [1.82, 2.24) is 16.0 Å². The highest BCUT2D eigenvalue weighted by atomic mass is 16.2. The van der Waals surface area contributed by atoms with E-state index >= 15 is 0 Å². The van der Waals surface area contributed by atoms with Crippen molar-refractivity contribution in [3.63, 3.8) is 0 Å².